The number of alkyl halides is 14. The molecule has 1 fully saturated rings. The molecule has 1 aliphatic heterocycles. The second kappa shape index (κ2) is 7.30. The lowest BCUT2D eigenvalue weighted by molar-refractivity contribution is -0.459. The van der Waals surface area contributed by atoms with Crippen LogP contribution in [0.5, 0.6) is 0 Å². The van der Waals surface area contributed by atoms with Gasteiger partial charge in [-0.05, 0) is 0 Å². The molecule has 27 heavy (non-hydrogen) atoms. The molecule has 1 heterocycles. The number of rotatable bonds is 4. The quantitative estimate of drug-likeness (QED) is 0.294. The normalized spacial score (nSPS) is 32.7. The number of halogens is 14. The summed E-state index contributed by atoms with van der Waals surface area (Å²) in [6.45, 7) is 0. The predicted molar refractivity (Wildman–Crippen MR) is 92.7 cm³/mol. The van der Waals surface area contributed by atoms with Gasteiger partial charge in [0.2, 0.25) is 0 Å². The third-order valence-corrected chi connectivity index (χ3v) is 10.2. The zero-order valence-corrected chi connectivity index (χ0v) is 21.3. The van der Waals surface area contributed by atoms with Crippen LogP contribution in [0.1, 0.15) is 0 Å². The molecule has 0 saturated carbocycles. The van der Waals surface area contributed by atoms with Crippen LogP contribution >= 0.6 is 69.6 Å². The van der Waals surface area contributed by atoms with E-state index in [9.17, 15) is 26.3 Å². The average molecular weight is 569 g/mol. The topological polar surface area (TPSA) is 18.5 Å². The van der Waals surface area contributed by atoms with E-state index < -0.39 is 69.0 Å². The highest BCUT2D eigenvalue weighted by molar-refractivity contribution is 6.60. The molecule has 0 bridgehead atoms. The van der Waals surface area contributed by atoms with Crippen molar-refractivity contribution in [2.45, 2.75) is 48.5 Å². The maximum Gasteiger partial charge on any atom is 0.453 e. The molecule has 0 amide bonds. The van der Waals surface area contributed by atoms with Gasteiger partial charge in [0, 0.05) is 20.5 Å². The van der Waals surface area contributed by atoms with Gasteiger partial charge in [-0.15, -0.1) is 23.2 Å². The highest BCUT2D eigenvalue weighted by atomic mass is 35.5. The summed E-state index contributed by atoms with van der Waals surface area (Å²) in [7, 11) is -0.887. The largest absolute Gasteiger partial charge is 0.453 e. The monoisotopic (exact) mass is 566 g/mol. The Morgan fingerprint density at radius 3 is 1.04 bits per heavy atom. The third kappa shape index (κ3) is 3.61. The fourth-order valence-electron chi connectivity index (χ4n) is 2.02. The molecule has 0 aromatic carbocycles. The van der Waals surface area contributed by atoms with Gasteiger partial charge in [-0.25, -0.2) is 8.78 Å². The molecule has 0 N–H and O–H groups in total. The van der Waals surface area contributed by atoms with Gasteiger partial charge in [0.1, 0.15) is 0 Å². The van der Waals surface area contributed by atoms with Crippen molar-refractivity contribution < 1.29 is 44.6 Å². The molecule has 162 valence electrons. The molecule has 1 rings (SSSR count). The fourth-order valence-corrected chi connectivity index (χ4v) is 3.68. The summed E-state index contributed by atoms with van der Waals surface area (Å²) < 4.78 is 110. The minimum Gasteiger partial charge on any atom is -0.290 e. The van der Waals surface area contributed by atoms with E-state index in [2.05, 4.69) is 9.47 Å². The summed E-state index contributed by atoms with van der Waals surface area (Å²) in [5.74, 6) is -15.7. The SMILES string of the molecule is FC(F)(F)C1(C(F)(F)F)OC(F)(C(Cl)(Cl)C([SiH3])Cl)C(F)(C(Cl)(Cl)C([SiH3])Cl)O1. The Hall–Kier alpha value is 1.53. The van der Waals surface area contributed by atoms with Gasteiger partial charge < -0.3 is 0 Å². The van der Waals surface area contributed by atoms with E-state index in [-0.39, 0.29) is 0 Å². The Morgan fingerprint density at radius 2 is 0.889 bits per heavy atom. The van der Waals surface area contributed by atoms with Crippen molar-refractivity contribution in [2.24, 2.45) is 0 Å². The van der Waals surface area contributed by atoms with Crippen LogP contribution in [-0.4, -0.2) is 69.0 Å². The van der Waals surface area contributed by atoms with Crippen LogP contribution in [-0.2, 0) is 9.47 Å². The second-order valence-electron chi connectivity index (χ2n) is 5.48. The van der Waals surface area contributed by atoms with E-state index in [0.717, 1.165) is 0 Å². The van der Waals surface area contributed by atoms with E-state index >= 15 is 8.78 Å². The Morgan fingerprint density at radius 1 is 0.667 bits per heavy atom. The summed E-state index contributed by atoms with van der Waals surface area (Å²) in [4.78, 5) is 0. The molecule has 2 nitrogen and oxygen atoms in total. The maximum absolute atomic E-state index is 15.5. The number of hydrogen-bond acceptors (Lipinski definition) is 2. The van der Waals surface area contributed by atoms with Gasteiger partial charge >= 0.3 is 29.8 Å². The zero-order chi connectivity index (χ0) is 22.1. The first-order valence-corrected chi connectivity index (χ1v) is 11.2. The lowest BCUT2D eigenvalue weighted by Crippen LogP contribution is -2.68. The standard InChI is InChI=1S/C9H8Cl6F8O2Si2/c10-1(26)3(12,13)5(16)6(17,4(14,15)2(11)27)25-7(24-5,8(18,19)20)9(21,22)23/h1-2H,26-27H3. The zero-order valence-electron chi connectivity index (χ0n) is 12.8. The maximum atomic E-state index is 15.5. The summed E-state index contributed by atoms with van der Waals surface area (Å²) >= 11 is 33.0. The smallest absolute Gasteiger partial charge is 0.290 e. The van der Waals surface area contributed by atoms with E-state index in [1.807, 2.05) is 0 Å². The Labute approximate surface area is 182 Å². The number of ether oxygens (including phenoxy) is 2. The van der Waals surface area contributed by atoms with Crippen LogP contribution in [0.3, 0.4) is 0 Å². The van der Waals surface area contributed by atoms with E-state index in [4.69, 9.17) is 69.6 Å². The minimum atomic E-state index is -6.57. The summed E-state index contributed by atoms with van der Waals surface area (Å²) in [6, 6.07) is 0. The van der Waals surface area contributed by atoms with Gasteiger partial charge in [-0.1, -0.05) is 46.4 Å². The molecule has 0 radical (unpaired) electrons. The molecule has 0 aliphatic carbocycles. The first kappa shape index (κ1) is 26.6. The van der Waals surface area contributed by atoms with Crippen molar-refractivity contribution in [2.75, 3.05) is 0 Å². The van der Waals surface area contributed by atoms with Crippen LogP contribution < -0.4 is 0 Å². The van der Waals surface area contributed by atoms with E-state index in [0.29, 0.717) is 0 Å². The molecule has 1 aliphatic rings. The molecule has 0 aromatic heterocycles. The summed E-state index contributed by atoms with van der Waals surface area (Å²) in [6.07, 6.45) is -13.1. The summed E-state index contributed by atoms with van der Waals surface area (Å²) in [5, 5.41) is -3.79. The van der Waals surface area contributed by atoms with E-state index in [1.54, 1.807) is 0 Å². The Bertz CT molecular complexity index is 538. The van der Waals surface area contributed by atoms with Crippen molar-refractivity contribution in [1.82, 2.24) is 0 Å². The number of hydrogen-bond donors (Lipinski definition) is 0. The van der Waals surface area contributed by atoms with Crippen molar-refractivity contribution in [3.8, 4) is 0 Å². The lowest BCUT2D eigenvalue weighted by Gasteiger charge is -2.44. The van der Waals surface area contributed by atoms with Crippen LogP contribution in [0.2, 0.25) is 0 Å². The van der Waals surface area contributed by atoms with Crippen molar-refractivity contribution in [1.29, 1.82) is 0 Å². The molecular formula is C9H8Cl6F8O2Si2. The molecule has 0 spiro atoms. The highest BCUT2D eigenvalue weighted by Crippen LogP contribution is 2.68. The molecule has 0 aromatic rings. The lowest BCUT2D eigenvalue weighted by atomic mass is 10.0. The first-order chi connectivity index (χ1) is 11.6. The van der Waals surface area contributed by atoms with Gasteiger partial charge in [0.05, 0.1) is 10.0 Å². The van der Waals surface area contributed by atoms with Crippen LogP contribution in [0.25, 0.3) is 0 Å². The van der Waals surface area contributed by atoms with Gasteiger partial charge in [0.25, 0.3) is 0 Å². The minimum absolute atomic E-state index is 0.444. The molecule has 1 saturated heterocycles. The second-order valence-corrected chi connectivity index (χ2v) is 13.3. The predicted octanol–water partition coefficient (Wildman–Crippen LogP) is 3.39. The molecule has 4 unspecified atom stereocenters. The van der Waals surface area contributed by atoms with Gasteiger partial charge in [0.15, 0.2) is 8.67 Å². The van der Waals surface area contributed by atoms with Gasteiger partial charge in [-0.3, -0.25) is 9.47 Å². The molecular weight excluding hydrogens is 561 g/mol. The summed E-state index contributed by atoms with van der Waals surface area (Å²) in [5.41, 5.74) is 0. The van der Waals surface area contributed by atoms with E-state index in [1.165, 1.54) is 0 Å². The fraction of sp³-hybridized carbons (Fsp3) is 1.00. The Kier molecular flexibility index (Phi) is 7.18. The van der Waals surface area contributed by atoms with Crippen molar-refractivity contribution in [3.05, 3.63) is 0 Å². The highest BCUT2D eigenvalue weighted by Gasteiger charge is 2.93. The van der Waals surface area contributed by atoms with Crippen LogP contribution in [0.15, 0.2) is 0 Å². The van der Waals surface area contributed by atoms with Crippen LogP contribution in [0, 0.1) is 0 Å². The van der Waals surface area contributed by atoms with Crippen molar-refractivity contribution >= 4 is 90.1 Å². The van der Waals surface area contributed by atoms with Crippen molar-refractivity contribution in [3.63, 3.8) is 0 Å². The third-order valence-electron chi connectivity index (χ3n) is 3.59. The van der Waals surface area contributed by atoms with Gasteiger partial charge in [-0.2, -0.15) is 26.3 Å². The average Bonchev–Trinajstić information content (AvgIpc) is 2.70. The molecule has 18 heteroatoms. The first-order valence-electron chi connectivity index (χ1n) is 6.50. The van der Waals surface area contributed by atoms with Crippen LogP contribution in [0.4, 0.5) is 35.1 Å². The Balaban J connectivity index is 3.95. The molecule has 4 atom stereocenters.